The van der Waals surface area contributed by atoms with Crippen molar-refractivity contribution in [1.29, 1.82) is 0 Å². The van der Waals surface area contributed by atoms with E-state index in [1.807, 2.05) is 43.1 Å². The van der Waals surface area contributed by atoms with Gasteiger partial charge in [0.2, 0.25) is 0 Å². The predicted octanol–water partition coefficient (Wildman–Crippen LogP) is 3.28. The first-order valence-electron chi connectivity index (χ1n) is 11.1. The zero-order valence-corrected chi connectivity index (χ0v) is 19.0. The molecule has 8 nitrogen and oxygen atoms in total. The lowest BCUT2D eigenvalue weighted by Gasteiger charge is -2.32. The van der Waals surface area contributed by atoms with Crippen molar-refractivity contribution >= 4 is 5.91 Å². The lowest BCUT2D eigenvalue weighted by atomic mass is 9.98. The van der Waals surface area contributed by atoms with Crippen LogP contribution in [0.1, 0.15) is 40.3 Å². The molecule has 1 fully saturated rings. The van der Waals surface area contributed by atoms with Gasteiger partial charge in [-0.25, -0.2) is 0 Å². The molecule has 0 saturated carbocycles. The van der Waals surface area contributed by atoms with Gasteiger partial charge in [-0.1, -0.05) is 17.3 Å². The van der Waals surface area contributed by atoms with Gasteiger partial charge in [0.05, 0.1) is 18.0 Å². The summed E-state index contributed by atoms with van der Waals surface area (Å²) in [6.07, 6.45) is 3.66. The number of aromatic nitrogens is 3. The lowest BCUT2D eigenvalue weighted by molar-refractivity contribution is 0.0622. The van der Waals surface area contributed by atoms with E-state index in [1.165, 1.54) is 5.56 Å². The quantitative estimate of drug-likeness (QED) is 0.538. The zero-order valence-electron chi connectivity index (χ0n) is 19.0. The molecule has 1 saturated heterocycles. The van der Waals surface area contributed by atoms with Crippen LogP contribution in [0.2, 0.25) is 0 Å². The number of benzene rings is 1. The fourth-order valence-electron chi connectivity index (χ4n) is 4.23. The van der Waals surface area contributed by atoms with E-state index in [1.54, 1.807) is 10.9 Å². The number of carbonyl (C=O) groups is 1. The number of carbonyl (C=O) groups excluding carboxylic acids is 1. The molecule has 4 rings (SSSR count). The summed E-state index contributed by atoms with van der Waals surface area (Å²) >= 11 is 0. The molecule has 0 unspecified atom stereocenters. The first kappa shape index (κ1) is 22.1. The number of aryl methyl sites for hydroxylation is 2. The minimum atomic E-state index is 0.0527. The summed E-state index contributed by atoms with van der Waals surface area (Å²) in [4.78, 5) is 17.0. The average molecular weight is 438 g/mol. The van der Waals surface area contributed by atoms with E-state index in [0.717, 1.165) is 49.6 Å². The highest BCUT2D eigenvalue weighted by atomic mass is 16.5. The summed E-state index contributed by atoms with van der Waals surface area (Å²) in [5.41, 5.74) is 3.64. The second-order valence-corrected chi connectivity index (χ2v) is 8.67. The summed E-state index contributed by atoms with van der Waals surface area (Å²) in [6.45, 7) is 5.58. The van der Waals surface area contributed by atoms with Crippen LogP contribution < -0.4 is 4.74 Å². The Labute approximate surface area is 188 Å². The maximum Gasteiger partial charge on any atom is 0.272 e. The molecule has 1 aromatic carbocycles. The van der Waals surface area contributed by atoms with Gasteiger partial charge in [-0.2, -0.15) is 5.10 Å². The molecule has 8 heteroatoms. The molecule has 3 aromatic rings. The highest BCUT2D eigenvalue weighted by Crippen LogP contribution is 2.21. The van der Waals surface area contributed by atoms with Gasteiger partial charge < -0.3 is 14.2 Å². The van der Waals surface area contributed by atoms with Gasteiger partial charge >= 0.3 is 0 Å². The van der Waals surface area contributed by atoms with Gasteiger partial charge in [-0.15, -0.1) is 0 Å². The lowest BCUT2D eigenvalue weighted by Crippen LogP contribution is -2.42. The third-order valence-electron chi connectivity index (χ3n) is 5.81. The number of amides is 1. The van der Waals surface area contributed by atoms with Crippen molar-refractivity contribution in [3.05, 3.63) is 65.3 Å². The topological polar surface area (TPSA) is 76.6 Å². The van der Waals surface area contributed by atoms with E-state index in [9.17, 15) is 4.79 Å². The first-order valence-corrected chi connectivity index (χ1v) is 11.1. The van der Waals surface area contributed by atoms with Crippen molar-refractivity contribution in [1.82, 2.24) is 24.7 Å². The number of hydrogen-bond donors (Lipinski definition) is 0. The van der Waals surface area contributed by atoms with E-state index in [0.29, 0.717) is 24.8 Å². The van der Waals surface area contributed by atoms with Crippen LogP contribution >= 0.6 is 0 Å². The number of likely N-dealkylation sites (tertiary alicyclic amines) is 1. The monoisotopic (exact) mass is 437 g/mol. The zero-order chi connectivity index (χ0) is 22.5. The Balaban J connectivity index is 1.26. The number of piperidine rings is 1. The Bertz CT molecular complexity index is 1010. The highest BCUT2D eigenvalue weighted by molar-refractivity contribution is 5.92. The second-order valence-electron chi connectivity index (χ2n) is 8.67. The molecule has 0 bridgehead atoms. The molecule has 0 spiro atoms. The largest absolute Gasteiger partial charge is 0.493 e. The Morgan fingerprint density at radius 3 is 2.75 bits per heavy atom. The summed E-state index contributed by atoms with van der Waals surface area (Å²) in [6, 6.07) is 12.0. The van der Waals surface area contributed by atoms with Gasteiger partial charge in [-0.05, 0) is 50.6 Å². The summed E-state index contributed by atoms with van der Waals surface area (Å²) in [5.74, 6) is 1.24. The molecule has 32 heavy (non-hydrogen) atoms. The van der Waals surface area contributed by atoms with E-state index < -0.39 is 0 Å². The highest BCUT2D eigenvalue weighted by Gasteiger charge is 2.26. The fraction of sp³-hybridized carbons (Fsp3) is 0.458. The Kier molecular flexibility index (Phi) is 6.90. The summed E-state index contributed by atoms with van der Waals surface area (Å²) in [7, 11) is 3.88. The molecule has 1 atom stereocenters. The minimum absolute atomic E-state index is 0.0527. The number of hydrogen-bond acceptors (Lipinski definition) is 6. The second kappa shape index (κ2) is 9.99. The molecule has 2 aromatic heterocycles. The Morgan fingerprint density at radius 2 is 2.06 bits per heavy atom. The molecule has 1 amide bonds. The molecular weight excluding hydrogens is 406 g/mol. The van der Waals surface area contributed by atoms with Crippen molar-refractivity contribution in [3.8, 4) is 5.75 Å². The van der Waals surface area contributed by atoms with Gasteiger partial charge in [0, 0.05) is 45.2 Å². The molecular formula is C24H31N5O3. The van der Waals surface area contributed by atoms with E-state index in [-0.39, 0.29) is 5.91 Å². The molecule has 3 heterocycles. The molecule has 1 aliphatic rings. The molecule has 1 aliphatic heterocycles. The van der Waals surface area contributed by atoms with Crippen molar-refractivity contribution < 1.29 is 14.1 Å². The van der Waals surface area contributed by atoms with Crippen LogP contribution in [0.25, 0.3) is 0 Å². The van der Waals surface area contributed by atoms with Crippen LogP contribution in [0.15, 0.2) is 47.2 Å². The maximum atomic E-state index is 12.9. The molecule has 0 radical (unpaired) electrons. The van der Waals surface area contributed by atoms with Crippen LogP contribution in [0.3, 0.4) is 0 Å². The molecule has 0 N–H and O–H groups in total. The first-order chi connectivity index (χ1) is 15.5. The number of ether oxygens (including phenoxy) is 1. The van der Waals surface area contributed by atoms with Gasteiger partial charge in [0.1, 0.15) is 17.7 Å². The minimum Gasteiger partial charge on any atom is -0.493 e. The molecule has 170 valence electrons. The smallest absolute Gasteiger partial charge is 0.272 e. The third kappa shape index (κ3) is 5.56. The number of rotatable bonds is 8. The summed E-state index contributed by atoms with van der Waals surface area (Å²) in [5, 5.41) is 8.25. The standard InChI is InChI=1S/C24H31N5O3/c1-18-13-23(28(3)25-18)24(30)29-11-4-5-20(15-29)17-31-22-8-6-19(7-9-22)14-27(2)16-21-10-12-32-26-21/h6-10,12-13,20H,4-5,11,14-17H2,1-3H3/t20-/m0/s1. The number of nitrogens with zero attached hydrogens (tertiary/aromatic N) is 5. The van der Waals surface area contributed by atoms with Crippen LogP contribution in [0.4, 0.5) is 0 Å². The van der Waals surface area contributed by atoms with Crippen molar-refractivity contribution in [3.63, 3.8) is 0 Å². The average Bonchev–Trinajstić information content (AvgIpc) is 3.41. The normalized spacial score (nSPS) is 16.5. The maximum absolute atomic E-state index is 12.9. The van der Waals surface area contributed by atoms with Crippen molar-refractivity contribution in [2.24, 2.45) is 13.0 Å². The van der Waals surface area contributed by atoms with Crippen LogP contribution in [-0.4, -0.2) is 57.4 Å². The Morgan fingerprint density at radius 1 is 1.25 bits per heavy atom. The van der Waals surface area contributed by atoms with Crippen LogP contribution in [-0.2, 0) is 20.1 Å². The SMILES string of the molecule is Cc1cc(C(=O)N2CCC[C@H](COc3ccc(CN(C)Cc4ccon4)cc3)C2)n(C)n1. The van der Waals surface area contributed by atoms with Crippen LogP contribution in [0.5, 0.6) is 5.75 Å². The molecule has 0 aliphatic carbocycles. The predicted molar refractivity (Wildman–Crippen MR) is 120 cm³/mol. The van der Waals surface area contributed by atoms with Crippen molar-refractivity contribution in [2.75, 3.05) is 26.7 Å². The van der Waals surface area contributed by atoms with Crippen LogP contribution in [0, 0.1) is 12.8 Å². The van der Waals surface area contributed by atoms with Gasteiger partial charge in [0.25, 0.3) is 5.91 Å². The fourth-order valence-corrected chi connectivity index (χ4v) is 4.23. The van der Waals surface area contributed by atoms with Gasteiger partial charge in [0.15, 0.2) is 0 Å². The third-order valence-corrected chi connectivity index (χ3v) is 5.81. The van der Waals surface area contributed by atoms with Crippen molar-refractivity contribution in [2.45, 2.75) is 32.9 Å². The Hall–Kier alpha value is -3.13. The van der Waals surface area contributed by atoms with E-state index in [4.69, 9.17) is 9.26 Å². The van der Waals surface area contributed by atoms with E-state index in [2.05, 4.69) is 34.3 Å². The van der Waals surface area contributed by atoms with E-state index >= 15 is 0 Å². The van der Waals surface area contributed by atoms with Gasteiger partial charge in [-0.3, -0.25) is 14.4 Å². The summed E-state index contributed by atoms with van der Waals surface area (Å²) < 4.78 is 12.6.